The van der Waals surface area contributed by atoms with E-state index < -0.39 is 0 Å². The molecule has 2 rings (SSSR count). The molecule has 0 saturated carbocycles. The fourth-order valence-electron chi connectivity index (χ4n) is 2.46. The van der Waals surface area contributed by atoms with Crippen LogP contribution in [0.3, 0.4) is 0 Å². The van der Waals surface area contributed by atoms with E-state index in [4.69, 9.17) is 0 Å². The Balaban J connectivity index is 2.03. The van der Waals surface area contributed by atoms with Crippen molar-refractivity contribution in [1.29, 1.82) is 0 Å². The molecule has 1 aliphatic rings. The molecule has 0 aromatic heterocycles. The van der Waals surface area contributed by atoms with Crippen LogP contribution in [0.1, 0.15) is 38.2 Å². The molecular formula is C15H23BrN2. The molecule has 1 N–H and O–H groups in total. The molecule has 18 heavy (non-hydrogen) atoms. The average Bonchev–Trinajstić information content (AvgIpc) is 2.90. The average molecular weight is 311 g/mol. The zero-order chi connectivity index (χ0) is 12.8. The molecule has 1 aliphatic heterocycles. The number of unbranched alkanes of at least 4 members (excludes halogenated alkanes) is 1. The van der Waals surface area contributed by atoms with Crippen molar-refractivity contribution >= 4 is 21.6 Å². The van der Waals surface area contributed by atoms with Crippen LogP contribution in [-0.2, 0) is 6.54 Å². The van der Waals surface area contributed by atoms with Gasteiger partial charge >= 0.3 is 0 Å². The first kappa shape index (κ1) is 13.9. The van der Waals surface area contributed by atoms with Crippen LogP contribution in [0.25, 0.3) is 0 Å². The number of anilines is 1. The van der Waals surface area contributed by atoms with Gasteiger partial charge in [-0.15, -0.1) is 0 Å². The van der Waals surface area contributed by atoms with Gasteiger partial charge in [0.15, 0.2) is 0 Å². The summed E-state index contributed by atoms with van der Waals surface area (Å²) in [7, 11) is 0. The summed E-state index contributed by atoms with van der Waals surface area (Å²) >= 11 is 3.59. The smallest absolute Gasteiger partial charge is 0.0423 e. The molecule has 1 saturated heterocycles. The number of rotatable bonds is 6. The number of nitrogens with zero attached hydrogens (tertiary/aromatic N) is 1. The molecule has 0 amide bonds. The quantitative estimate of drug-likeness (QED) is 0.801. The van der Waals surface area contributed by atoms with Gasteiger partial charge < -0.3 is 10.2 Å². The van der Waals surface area contributed by atoms with Crippen LogP contribution in [0.15, 0.2) is 22.7 Å². The molecule has 0 aliphatic carbocycles. The molecule has 0 bridgehead atoms. The first-order chi connectivity index (χ1) is 8.81. The minimum absolute atomic E-state index is 0.985. The molecule has 1 aromatic carbocycles. The third-order valence-electron chi connectivity index (χ3n) is 3.52. The molecule has 1 heterocycles. The van der Waals surface area contributed by atoms with Gasteiger partial charge in [-0.25, -0.2) is 0 Å². The van der Waals surface area contributed by atoms with Crippen LogP contribution >= 0.6 is 15.9 Å². The number of halogens is 1. The van der Waals surface area contributed by atoms with Gasteiger partial charge in [-0.05, 0) is 43.5 Å². The lowest BCUT2D eigenvalue weighted by Crippen LogP contribution is -2.22. The Hall–Kier alpha value is -0.540. The van der Waals surface area contributed by atoms with Crippen LogP contribution in [0.4, 0.5) is 5.69 Å². The van der Waals surface area contributed by atoms with Crippen molar-refractivity contribution in [2.75, 3.05) is 24.5 Å². The first-order valence-corrected chi connectivity index (χ1v) is 7.84. The third kappa shape index (κ3) is 3.72. The van der Waals surface area contributed by atoms with Crippen LogP contribution in [0, 0.1) is 0 Å². The predicted molar refractivity (Wildman–Crippen MR) is 82.2 cm³/mol. The molecule has 0 unspecified atom stereocenters. The van der Waals surface area contributed by atoms with Gasteiger partial charge in [-0.3, -0.25) is 0 Å². The van der Waals surface area contributed by atoms with E-state index >= 15 is 0 Å². The molecule has 1 fully saturated rings. The molecule has 0 spiro atoms. The molecule has 0 radical (unpaired) electrons. The van der Waals surface area contributed by atoms with E-state index in [0.29, 0.717) is 0 Å². The Morgan fingerprint density at radius 1 is 1.28 bits per heavy atom. The molecule has 1 aromatic rings. The van der Waals surface area contributed by atoms with Gasteiger partial charge in [0.25, 0.3) is 0 Å². The monoisotopic (exact) mass is 310 g/mol. The van der Waals surface area contributed by atoms with Gasteiger partial charge in [0.2, 0.25) is 0 Å². The van der Waals surface area contributed by atoms with Crippen LogP contribution in [-0.4, -0.2) is 19.6 Å². The fraction of sp³-hybridized carbons (Fsp3) is 0.600. The first-order valence-electron chi connectivity index (χ1n) is 7.05. The largest absolute Gasteiger partial charge is 0.371 e. The van der Waals surface area contributed by atoms with Crippen LogP contribution < -0.4 is 10.2 Å². The van der Waals surface area contributed by atoms with Crippen LogP contribution in [0.2, 0.25) is 0 Å². The Morgan fingerprint density at radius 3 is 2.78 bits per heavy atom. The lowest BCUT2D eigenvalue weighted by atomic mass is 10.1. The molecular weight excluding hydrogens is 288 g/mol. The zero-order valence-corrected chi connectivity index (χ0v) is 12.8. The summed E-state index contributed by atoms with van der Waals surface area (Å²) in [6.07, 6.45) is 5.17. The van der Waals surface area contributed by atoms with Gasteiger partial charge in [0.05, 0.1) is 0 Å². The second kappa shape index (κ2) is 7.15. The number of hydrogen-bond acceptors (Lipinski definition) is 2. The van der Waals surface area contributed by atoms with Gasteiger partial charge in [0.1, 0.15) is 0 Å². The van der Waals surface area contributed by atoms with Crippen molar-refractivity contribution in [3.63, 3.8) is 0 Å². The van der Waals surface area contributed by atoms with Crippen molar-refractivity contribution in [3.05, 3.63) is 28.2 Å². The van der Waals surface area contributed by atoms with Crippen molar-refractivity contribution in [2.45, 2.75) is 39.2 Å². The minimum atomic E-state index is 0.985. The number of hydrogen-bond donors (Lipinski definition) is 1. The summed E-state index contributed by atoms with van der Waals surface area (Å²) in [5, 5.41) is 3.54. The highest BCUT2D eigenvalue weighted by Gasteiger charge is 2.15. The van der Waals surface area contributed by atoms with E-state index in [2.05, 4.69) is 51.3 Å². The van der Waals surface area contributed by atoms with E-state index in [1.165, 1.54) is 54.5 Å². The second-order valence-electron chi connectivity index (χ2n) is 5.00. The van der Waals surface area contributed by atoms with Crippen molar-refractivity contribution in [1.82, 2.24) is 5.32 Å². The Labute approximate surface area is 119 Å². The van der Waals surface area contributed by atoms with Gasteiger partial charge in [-0.2, -0.15) is 0 Å². The lowest BCUT2D eigenvalue weighted by Gasteiger charge is -2.22. The second-order valence-corrected chi connectivity index (χ2v) is 5.91. The Bertz CT molecular complexity index is 373. The summed E-state index contributed by atoms with van der Waals surface area (Å²) in [6.45, 7) is 6.75. The third-order valence-corrected chi connectivity index (χ3v) is 4.01. The van der Waals surface area contributed by atoms with E-state index in [9.17, 15) is 0 Å². The molecule has 100 valence electrons. The normalized spacial score (nSPS) is 15.3. The van der Waals surface area contributed by atoms with E-state index in [1.807, 2.05) is 0 Å². The summed E-state index contributed by atoms with van der Waals surface area (Å²) < 4.78 is 1.18. The maximum atomic E-state index is 3.59. The summed E-state index contributed by atoms with van der Waals surface area (Å²) in [5.41, 5.74) is 2.84. The summed E-state index contributed by atoms with van der Waals surface area (Å²) in [4.78, 5) is 2.52. The number of nitrogens with one attached hydrogen (secondary N) is 1. The minimum Gasteiger partial charge on any atom is -0.371 e. The maximum absolute atomic E-state index is 3.59. The standard InChI is InChI=1S/C15H23BrN2/c1-2-3-8-17-12-13-6-7-14(16)11-15(13)18-9-4-5-10-18/h6-7,11,17H,2-5,8-10,12H2,1H3. The topological polar surface area (TPSA) is 15.3 Å². The molecule has 3 heteroatoms. The zero-order valence-electron chi connectivity index (χ0n) is 11.2. The van der Waals surface area contributed by atoms with Gasteiger partial charge in [0, 0.05) is 29.8 Å². The van der Waals surface area contributed by atoms with Gasteiger partial charge in [-0.1, -0.05) is 35.3 Å². The van der Waals surface area contributed by atoms with Crippen LogP contribution in [0.5, 0.6) is 0 Å². The maximum Gasteiger partial charge on any atom is 0.0423 e. The Kier molecular flexibility index (Phi) is 5.51. The summed E-state index contributed by atoms with van der Waals surface area (Å²) in [5.74, 6) is 0. The fourth-order valence-corrected chi connectivity index (χ4v) is 2.81. The molecule has 2 nitrogen and oxygen atoms in total. The molecule has 0 atom stereocenters. The highest BCUT2D eigenvalue weighted by Crippen LogP contribution is 2.28. The summed E-state index contributed by atoms with van der Waals surface area (Å²) in [6, 6.07) is 6.66. The Morgan fingerprint density at radius 2 is 2.06 bits per heavy atom. The number of benzene rings is 1. The predicted octanol–water partition coefficient (Wildman–Crippen LogP) is 3.94. The van der Waals surface area contributed by atoms with E-state index in [1.54, 1.807) is 0 Å². The van der Waals surface area contributed by atoms with Crippen molar-refractivity contribution in [2.24, 2.45) is 0 Å². The van der Waals surface area contributed by atoms with Crippen molar-refractivity contribution < 1.29 is 0 Å². The highest BCUT2D eigenvalue weighted by molar-refractivity contribution is 9.10. The lowest BCUT2D eigenvalue weighted by molar-refractivity contribution is 0.640. The van der Waals surface area contributed by atoms with Crippen molar-refractivity contribution in [3.8, 4) is 0 Å². The highest BCUT2D eigenvalue weighted by atomic mass is 79.9. The SMILES string of the molecule is CCCCNCc1ccc(Br)cc1N1CCCC1. The van der Waals surface area contributed by atoms with E-state index in [0.717, 1.165) is 13.1 Å². The van der Waals surface area contributed by atoms with E-state index in [-0.39, 0.29) is 0 Å².